The van der Waals surface area contributed by atoms with Gasteiger partial charge in [0.2, 0.25) is 0 Å². The topological polar surface area (TPSA) is 43.6 Å². The second-order valence-electron chi connectivity index (χ2n) is 4.11. The molecule has 2 rings (SSSR count). The van der Waals surface area contributed by atoms with Gasteiger partial charge >= 0.3 is 0 Å². The number of aromatic nitrogens is 4. The lowest BCUT2D eigenvalue weighted by atomic mass is 10.0. The third kappa shape index (κ3) is 2.17. The molecule has 2 heterocycles. The highest BCUT2D eigenvalue weighted by atomic mass is 35.5. The largest absolute Gasteiger partial charge is 0.264 e. The maximum absolute atomic E-state index is 6.16. The maximum atomic E-state index is 6.16. The fourth-order valence-electron chi connectivity index (χ4n) is 1.88. The Kier molecular flexibility index (Phi) is 3.43. The normalized spacial score (nSPS) is 11.1. The fraction of sp³-hybridized carbons (Fsp3) is 0.417. The van der Waals surface area contributed by atoms with Crippen LogP contribution < -0.4 is 0 Å². The molecule has 2 aromatic heterocycles. The number of nitrogens with zero attached hydrogens (tertiary/aromatic N) is 4. The minimum Gasteiger partial charge on any atom is -0.264 e. The highest BCUT2D eigenvalue weighted by Gasteiger charge is 2.17. The summed E-state index contributed by atoms with van der Waals surface area (Å²) >= 11 is 6.16. The number of hydrogen-bond donors (Lipinski definition) is 0. The van der Waals surface area contributed by atoms with Gasteiger partial charge in [0.15, 0.2) is 0 Å². The summed E-state index contributed by atoms with van der Waals surface area (Å²) in [6.07, 6.45) is 3.27. The Labute approximate surface area is 106 Å². The van der Waals surface area contributed by atoms with Crippen molar-refractivity contribution in [2.75, 3.05) is 0 Å². The summed E-state index contributed by atoms with van der Waals surface area (Å²) in [5, 5.41) is 4.78. The van der Waals surface area contributed by atoms with Crippen molar-refractivity contribution in [2.24, 2.45) is 0 Å². The quantitative estimate of drug-likeness (QED) is 0.786. The van der Waals surface area contributed by atoms with E-state index in [-0.39, 0.29) is 5.92 Å². The lowest BCUT2D eigenvalue weighted by Crippen LogP contribution is -2.04. The monoisotopic (exact) mass is 250 g/mol. The van der Waals surface area contributed by atoms with E-state index in [1.54, 1.807) is 6.20 Å². The van der Waals surface area contributed by atoms with Crippen molar-refractivity contribution < 1.29 is 0 Å². The minimum atomic E-state index is 0.277. The van der Waals surface area contributed by atoms with E-state index in [2.05, 4.69) is 28.9 Å². The van der Waals surface area contributed by atoms with Crippen LogP contribution in [0.2, 0.25) is 5.15 Å². The Morgan fingerprint density at radius 1 is 1.35 bits per heavy atom. The van der Waals surface area contributed by atoms with Crippen LogP contribution in [0.15, 0.2) is 18.6 Å². The van der Waals surface area contributed by atoms with Crippen LogP contribution in [0.25, 0.3) is 11.4 Å². The molecule has 0 bridgehead atoms. The molecule has 0 aromatic carbocycles. The van der Waals surface area contributed by atoms with Crippen LogP contribution in [0.4, 0.5) is 0 Å². The van der Waals surface area contributed by atoms with Crippen molar-refractivity contribution in [3.05, 3.63) is 29.3 Å². The number of rotatable bonds is 3. The molecule has 0 N–H and O–H groups in total. The molecule has 0 radical (unpaired) electrons. The predicted molar refractivity (Wildman–Crippen MR) is 68.0 cm³/mol. The Bertz CT molecular complexity index is 519. The third-order valence-electron chi connectivity index (χ3n) is 2.67. The molecule has 0 aliphatic rings. The molecule has 90 valence electrons. The van der Waals surface area contributed by atoms with Gasteiger partial charge in [0.25, 0.3) is 0 Å². The Balaban J connectivity index is 2.63. The van der Waals surface area contributed by atoms with E-state index >= 15 is 0 Å². The second kappa shape index (κ2) is 4.84. The first-order chi connectivity index (χ1) is 8.15. The van der Waals surface area contributed by atoms with Gasteiger partial charge in [-0.3, -0.25) is 4.68 Å². The molecule has 0 atom stereocenters. The fourth-order valence-corrected chi connectivity index (χ4v) is 2.23. The van der Waals surface area contributed by atoms with Gasteiger partial charge in [0.1, 0.15) is 11.5 Å². The van der Waals surface area contributed by atoms with Crippen LogP contribution in [0, 0.1) is 0 Å². The van der Waals surface area contributed by atoms with Gasteiger partial charge in [-0.05, 0) is 18.9 Å². The van der Waals surface area contributed by atoms with Gasteiger partial charge in [-0.25, -0.2) is 9.97 Å². The molecule has 5 heteroatoms. The Morgan fingerprint density at radius 2 is 2.12 bits per heavy atom. The van der Waals surface area contributed by atoms with Crippen molar-refractivity contribution >= 4 is 11.6 Å². The van der Waals surface area contributed by atoms with Gasteiger partial charge in [0.05, 0.1) is 11.4 Å². The summed E-state index contributed by atoms with van der Waals surface area (Å²) in [6.45, 7) is 7.03. The average Bonchev–Trinajstić information content (AvgIpc) is 2.75. The highest BCUT2D eigenvalue weighted by molar-refractivity contribution is 6.30. The van der Waals surface area contributed by atoms with Crippen LogP contribution in [-0.4, -0.2) is 19.7 Å². The molecule has 0 saturated heterocycles. The zero-order valence-corrected chi connectivity index (χ0v) is 10.9. The van der Waals surface area contributed by atoms with Crippen molar-refractivity contribution in [3.63, 3.8) is 0 Å². The van der Waals surface area contributed by atoms with Crippen LogP contribution in [0.3, 0.4) is 0 Å². The molecule has 0 saturated carbocycles. The van der Waals surface area contributed by atoms with Gasteiger partial charge in [0, 0.05) is 18.3 Å². The zero-order chi connectivity index (χ0) is 12.4. The number of hydrogen-bond acceptors (Lipinski definition) is 3. The summed E-state index contributed by atoms with van der Waals surface area (Å²) < 4.78 is 1.91. The van der Waals surface area contributed by atoms with Gasteiger partial charge in [-0.2, -0.15) is 5.10 Å². The van der Waals surface area contributed by atoms with E-state index in [1.165, 1.54) is 6.33 Å². The zero-order valence-electron chi connectivity index (χ0n) is 10.2. The standard InChI is InChI=1S/C12H15ClN4/c1-4-17-9(5-6-16-17)11-10(8(2)3)12(13)15-7-14-11/h5-8H,4H2,1-3H3. The van der Waals surface area contributed by atoms with Gasteiger partial charge in [-0.1, -0.05) is 25.4 Å². The third-order valence-corrected chi connectivity index (χ3v) is 2.97. The smallest absolute Gasteiger partial charge is 0.136 e. The first-order valence-corrected chi connectivity index (χ1v) is 6.05. The molecule has 0 unspecified atom stereocenters. The molecule has 2 aromatic rings. The Morgan fingerprint density at radius 3 is 2.76 bits per heavy atom. The molecular weight excluding hydrogens is 236 g/mol. The summed E-state index contributed by atoms with van der Waals surface area (Å²) in [4.78, 5) is 8.41. The van der Waals surface area contributed by atoms with E-state index in [1.807, 2.05) is 17.7 Å². The summed E-state index contributed by atoms with van der Waals surface area (Å²) in [5.41, 5.74) is 2.84. The van der Waals surface area contributed by atoms with E-state index < -0.39 is 0 Å². The minimum absolute atomic E-state index is 0.277. The summed E-state index contributed by atoms with van der Waals surface area (Å²) in [5.74, 6) is 0.277. The highest BCUT2D eigenvalue weighted by Crippen LogP contribution is 2.31. The van der Waals surface area contributed by atoms with Crippen molar-refractivity contribution in [1.29, 1.82) is 0 Å². The molecule has 0 aliphatic heterocycles. The second-order valence-corrected chi connectivity index (χ2v) is 4.47. The lowest BCUT2D eigenvalue weighted by Gasteiger charge is -2.13. The maximum Gasteiger partial charge on any atom is 0.136 e. The lowest BCUT2D eigenvalue weighted by molar-refractivity contribution is 0.663. The van der Waals surface area contributed by atoms with Crippen LogP contribution in [0.5, 0.6) is 0 Å². The van der Waals surface area contributed by atoms with E-state index in [0.717, 1.165) is 23.5 Å². The van der Waals surface area contributed by atoms with Crippen LogP contribution in [-0.2, 0) is 6.54 Å². The van der Waals surface area contributed by atoms with E-state index in [4.69, 9.17) is 11.6 Å². The van der Waals surface area contributed by atoms with E-state index in [0.29, 0.717) is 5.15 Å². The SMILES string of the molecule is CCn1nccc1-c1ncnc(Cl)c1C(C)C. The first kappa shape index (κ1) is 12.0. The van der Waals surface area contributed by atoms with Crippen molar-refractivity contribution in [3.8, 4) is 11.4 Å². The Hall–Kier alpha value is -1.42. The van der Waals surface area contributed by atoms with Gasteiger partial charge < -0.3 is 0 Å². The van der Waals surface area contributed by atoms with Gasteiger partial charge in [-0.15, -0.1) is 0 Å². The summed E-state index contributed by atoms with van der Waals surface area (Å²) in [7, 11) is 0. The molecule has 0 aliphatic carbocycles. The van der Waals surface area contributed by atoms with Crippen LogP contribution >= 0.6 is 11.6 Å². The average molecular weight is 251 g/mol. The summed E-state index contributed by atoms with van der Waals surface area (Å²) in [6, 6.07) is 1.95. The molecule has 0 fully saturated rings. The molecule has 0 amide bonds. The molecular formula is C12H15ClN4. The van der Waals surface area contributed by atoms with Crippen molar-refractivity contribution in [1.82, 2.24) is 19.7 Å². The molecule has 17 heavy (non-hydrogen) atoms. The predicted octanol–water partition coefficient (Wildman–Crippen LogP) is 3.14. The first-order valence-electron chi connectivity index (χ1n) is 5.67. The van der Waals surface area contributed by atoms with E-state index in [9.17, 15) is 0 Å². The molecule has 0 spiro atoms. The van der Waals surface area contributed by atoms with Crippen molar-refractivity contribution in [2.45, 2.75) is 33.2 Å². The molecule has 4 nitrogen and oxygen atoms in total. The van der Waals surface area contributed by atoms with Crippen LogP contribution in [0.1, 0.15) is 32.3 Å². The number of aryl methyl sites for hydroxylation is 1. The number of halogens is 1.